The fourth-order valence-electron chi connectivity index (χ4n) is 4.09. The molecule has 9 heteroatoms. The smallest absolute Gasteiger partial charge is 0.410 e. The van der Waals surface area contributed by atoms with Gasteiger partial charge in [0.15, 0.2) is 0 Å². The maximum atomic E-state index is 13.0. The lowest BCUT2D eigenvalue weighted by Crippen LogP contribution is -2.43. The summed E-state index contributed by atoms with van der Waals surface area (Å²) in [5.41, 5.74) is 2.24. The van der Waals surface area contributed by atoms with Crippen molar-refractivity contribution in [2.75, 3.05) is 26.0 Å². The van der Waals surface area contributed by atoms with Crippen LogP contribution in [0, 0.1) is 23.2 Å². The van der Waals surface area contributed by atoms with Crippen LogP contribution >= 0.6 is 0 Å². The van der Waals surface area contributed by atoms with E-state index in [1.807, 2.05) is 42.5 Å². The zero-order chi connectivity index (χ0) is 23.8. The van der Waals surface area contributed by atoms with Gasteiger partial charge in [0.2, 0.25) is 0 Å². The summed E-state index contributed by atoms with van der Waals surface area (Å²) < 4.78 is 33.3. The number of carbonyl (C=O) groups excluding carboxylic acids is 1. The Morgan fingerprint density at radius 1 is 1.21 bits per heavy atom. The third kappa shape index (κ3) is 7.02. The van der Waals surface area contributed by atoms with E-state index >= 15 is 0 Å². The number of amides is 1. The minimum absolute atomic E-state index is 0.0597. The summed E-state index contributed by atoms with van der Waals surface area (Å²) in [6, 6.07) is 18.2. The van der Waals surface area contributed by atoms with E-state index < -0.39 is 16.2 Å². The molecule has 2 aromatic rings. The second-order valence-corrected chi connectivity index (χ2v) is 9.84. The van der Waals surface area contributed by atoms with Gasteiger partial charge < -0.3 is 14.7 Å². The normalized spacial score (nSPS) is 19.5. The van der Waals surface area contributed by atoms with Crippen molar-refractivity contribution in [1.29, 1.82) is 5.26 Å². The highest BCUT2D eigenvalue weighted by Crippen LogP contribution is 2.38. The number of benzene rings is 2. The molecule has 3 rings (SSSR count). The quantitative estimate of drug-likeness (QED) is 0.586. The van der Waals surface area contributed by atoms with Crippen LogP contribution in [0.15, 0.2) is 54.6 Å². The summed E-state index contributed by atoms with van der Waals surface area (Å²) in [6.45, 7) is 0.205. The van der Waals surface area contributed by atoms with Crippen molar-refractivity contribution < 1.29 is 27.2 Å². The molecule has 1 saturated heterocycles. The Balaban J connectivity index is 1.77. The van der Waals surface area contributed by atoms with Crippen LogP contribution in [0.5, 0.6) is 0 Å². The predicted octanol–water partition coefficient (Wildman–Crippen LogP) is 3.23. The Labute approximate surface area is 194 Å². The fourth-order valence-corrected chi connectivity index (χ4v) is 4.51. The average Bonchev–Trinajstić information content (AvgIpc) is 2.83. The molecule has 0 aromatic heterocycles. The molecule has 0 bridgehead atoms. The van der Waals surface area contributed by atoms with Gasteiger partial charge >= 0.3 is 6.09 Å². The van der Waals surface area contributed by atoms with Gasteiger partial charge in [-0.2, -0.15) is 13.7 Å². The van der Waals surface area contributed by atoms with Crippen molar-refractivity contribution in [3.05, 3.63) is 71.3 Å². The van der Waals surface area contributed by atoms with E-state index in [0.29, 0.717) is 24.9 Å². The van der Waals surface area contributed by atoms with Crippen LogP contribution in [0.25, 0.3) is 0 Å². The standard InChI is InChI=1S/C24H28N2O6S/c1-33(29,30)32-17-22(15-27)21-11-12-26(24(28)31-16-19-5-3-2-4-6-19)23(13-21)20-9-7-18(14-25)8-10-20/h2-10,21-23,27H,11-13,15-17H2,1H3. The van der Waals surface area contributed by atoms with Gasteiger partial charge in [-0.25, -0.2) is 4.79 Å². The van der Waals surface area contributed by atoms with Crippen molar-refractivity contribution in [3.63, 3.8) is 0 Å². The molecule has 0 radical (unpaired) electrons. The third-order valence-corrected chi connectivity index (χ3v) is 6.47. The molecule has 1 N–H and O–H groups in total. The van der Waals surface area contributed by atoms with Crippen LogP contribution in [0.1, 0.15) is 35.6 Å². The largest absolute Gasteiger partial charge is 0.445 e. The first-order valence-electron chi connectivity index (χ1n) is 10.7. The second-order valence-electron chi connectivity index (χ2n) is 8.20. The Hall–Kier alpha value is -2.93. The number of hydrogen-bond donors (Lipinski definition) is 1. The summed E-state index contributed by atoms with van der Waals surface area (Å²) in [6.07, 6.45) is 1.61. The molecule has 3 atom stereocenters. The molecule has 1 aliphatic heterocycles. The molecule has 0 aliphatic carbocycles. The molecule has 3 unspecified atom stereocenters. The van der Waals surface area contributed by atoms with Crippen LogP contribution in [0.3, 0.4) is 0 Å². The number of carbonyl (C=O) groups is 1. The highest BCUT2D eigenvalue weighted by atomic mass is 32.2. The van der Waals surface area contributed by atoms with Gasteiger partial charge in [-0.3, -0.25) is 4.18 Å². The molecule has 0 saturated carbocycles. The number of hydrogen-bond acceptors (Lipinski definition) is 7. The molecular weight excluding hydrogens is 444 g/mol. The second kappa shape index (κ2) is 11.3. The first-order valence-corrected chi connectivity index (χ1v) is 12.5. The predicted molar refractivity (Wildman–Crippen MR) is 121 cm³/mol. The first-order chi connectivity index (χ1) is 15.8. The van der Waals surface area contributed by atoms with E-state index in [9.17, 15) is 18.3 Å². The number of aliphatic hydroxyl groups excluding tert-OH is 1. The summed E-state index contributed by atoms with van der Waals surface area (Å²) in [5.74, 6) is -0.446. The molecule has 176 valence electrons. The third-order valence-electron chi connectivity index (χ3n) is 5.90. The Morgan fingerprint density at radius 2 is 1.91 bits per heavy atom. The lowest BCUT2D eigenvalue weighted by atomic mass is 9.80. The zero-order valence-electron chi connectivity index (χ0n) is 18.5. The lowest BCUT2D eigenvalue weighted by molar-refractivity contribution is 0.0302. The molecule has 2 aromatic carbocycles. The molecule has 1 amide bonds. The first kappa shape index (κ1) is 24.7. The SMILES string of the molecule is CS(=O)(=O)OCC(CO)C1CCN(C(=O)OCc2ccccc2)C(c2ccc(C#N)cc2)C1. The maximum absolute atomic E-state index is 13.0. The van der Waals surface area contributed by atoms with Crippen LogP contribution < -0.4 is 0 Å². The van der Waals surface area contributed by atoms with E-state index in [4.69, 9.17) is 14.2 Å². The monoisotopic (exact) mass is 472 g/mol. The average molecular weight is 473 g/mol. The van der Waals surface area contributed by atoms with Gasteiger partial charge in [-0.1, -0.05) is 42.5 Å². The van der Waals surface area contributed by atoms with E-state index in [1.165, 1.54) is 0 Å². The van der Waals surface area contributed by atoms with Gasteiger partial charge in [0.25, 0.3) is 10.1 Å². The van der Waals surface area contributed by atoms with Gasteiger partial charge in [0.1, 0.15) is 6.61 Å². The van der Waals surface area contributed by atoms with Gasteiger partial charge in [-0.05, 0) is 42.0 Å². The number of likely N-dealkylation sites (tertiary alicyclic amines) is 1. The number of nitrogens with zero attached hydrogens (tertiary/aromatic N) is 2. The molecule has 8 nitrogen and oxygen atoms in total. The van der Waals surface area contributed by atoms with E-state index in [1.54, 1.807) is 17.0 Å². The maximum Gasteiger partial charge on any atom is 0.410 e. The highest BCUT2D eigenvalue weighted by molar-refractivity contribution is 7.85. The fraction of sp³-hybridized carbons (Fsp3) is 0.417. The lowest BCUT2D eigenvalue weighted by Gasteiger charge is -2.41. The zero-order valence-corrected chi connectivity index (χ0v) is 19.3. The van der Waals surface area contributed by atoms with Crippen LogP contribution in [-0.4, -0.2) is 50.5 Å². The molecule has 0 spiro atoms. The minimum Gasteiger partial charge on any atom is -0.445 e. The Kier molecular flexibility index (Phi) is 8.44. The van der Waals surface area contributed by atoms with Crippen molar-refractivity contribution in [3.8, 4) is 6.07 Å². The van der Waals surface area contributed by atoms with E-state index in [-0.39, 0.29) is 37.7 Å². The molecule has 33 heavy (non-hydrogen) atoms. The molecular formula is C24H28N2O6S. The van der Waals surface area contributed by atoms with Crippen molar-refractivity contribution in [2.24, 2.45) is 11.8 Å². The number of ether oxygens (including phenoxy) is 1. The van der Waals surface area contributed by atoms with Crippen LogP contribution in [0.2, 0.25) is 0 Å². The number of aliphatic hydroxyl groups is 1. The van der Waals surface area contributed by atoms with Crippen LogP contribution in [0.4, 0.5) is 4.79 Å². The topological polar surface area (TPSA) is 117 Å². The summed E-state index contributed by atoms with van der Waals surface area (Å²) in [5, 5.41) is 19.0. The van der Waals surface area contributed by atoms with Crippen molar-refractivity contribution in [1.82, 2.24) is 4.90 Å². The minimum atomic E-state index is -3.63. The van der Waals surface area contributed by atoms with Gasteiger partial charge in [0, 0.05) is 19.1 Å². The summed E-state index contributed by atoms with van der Waals surface area (Å²) >= 11 is 0. The summed E-state index contributed by atoms with van der Waals surface area (Å²) in [7, 11) is -3.63. The number of piperidine rings is 1. The van der Waals surface area contributed by atoms with E-state index in [0.717, 1.165) is 17.4 Å². The van der Waals surface area contributed by atoms with Gasteiger partial charge in [-0.15, -0.1) is 0 Å². The molecule has 1 aliphatic rings. The van der Waals surface area contributed by atoms with Crippen molar-refractivity contribution >= 4 is 16.2 Å². The Bertz CT molecular complexity index is 1070. The van der Waals surface area contributed by atoms with Crippen LogP contribution in [-0.2, 0) is 25.6 Å². The van der Waals surface area contributed by atoms with Gasteiger partial charge in [0.05, 0.1) is 30.5 Å². The Morgan fingerprint density at radius 3 is 2.52 bits per heavy atom. The number of rotatable bonds is 8. The highest BCUT2D eigenvalue weighted by Gasteiger charge is 2.37. The molecule has 1 fully saturated rings. The van der Waals surface area contributed by atoms with E-state index in [2.05, 4.69) is 6.07 Å². The number of nitriles is 1. The van der Waals surface area contributed by atoms with Crippen molar-refractivity contribution in [2.45, 2.75) is 25.5 Å². The molecule has 1 heterocycles. The summed E-state index contributed by atoms with van der Waals surface area (Å²) in [4.78, 5) is 14.6.